The molecule has 0 fully saturated rings. The Morgan fingerprint density at radius 2 is 2.06 bits per heavy atom. The zero-order valence-corrected chi connectivity index (χ0v) is 11.1. The molecule has 90 valence electrons. The maximum absolute atomic E-state index is 12.0. The summed E-state index contributed by atoms with van der Waals surface area (Å²) in [5, 5.41) is 4.05. The molecular weight excluding hydrogens is 259 g/mol. The lowest BCUT2D eigenvalue weighted by molar-refractivity contribution is 0.819. The molecule has 0 spiro atoms. The number of hydrogen-bond donors (Lipinski definition) is 1. The first-order valence-corrected chi connectivity index (χ1v) is 6.06. The van der Waals surface area contributed by atoms with E-state index in [4.69, 9.17) is 23.2 Å². The summed E-state index contributed by atoms with van der Waals surface area (Å²) in [6.07, 6.45) is 0.777. The number of nitrogens with one attached hydrogen (secondary N) is 1. The number of aromatic nitrogens is 2. The van der Waals surface area contributed by atoms with Gasteiger partial charge >= 0.3 is 0 Å². The van der Waals surface area contributed by atoms with Gasteiger partial charge in [0.15, 0.2) is 0 Å². The second-order valence-corrected chi connectivity index (χ2v) is 4.65. The minimum Gasteiger partial charge on any atom is -0.295 e. The Labute approximate surface area is 109 Å². The fourth-order valence-corrected chi connectivity index (χ4v) is 2.24. The summed E-state index contributed by atoms with van der Waals surface area (Å²) in [7, 11) is 0. The van der Waals surface area contributed by atoms with Crippen LogP contribution in [-0.4, -0.2) is 9.78 Å². The molecule has 17 heavy (non-hydrogen) atoms. The van der Waals surface area contributed by atoms with Gasteiger partial charge in [0.05, 0.1) is 10.7 Å². The van der Waals surface area contributed by atoms with Crippen LogP contribution < -0.4 is 5.56 Å². The van der Waals surface area contributed by atoms with Gasteiger partial charge in [-0.25, -0.2) is 4.68 Å². The SMILES string of the molecule is CCc1[nH]n(-c2ccc(Cl)cc2Cl)c(=O)c1C. The second kappa shape index (κ2) is 4.59. The van der Waals surface area contributed by atoms with Crippen molar-refractivity contribution < 1.29 is 0 Å². The fourth-order valence-electron chi connectivity index (χ4n) is 1.74. The Morgan fingerprint density at radius 1 is 1.35 bits per heavy atom. The molecule has 0 saturated heterocycles. The average Bonchev–Trinajstić information content (AvgIpc) is 2.57. The minimum absolute atomic E-state index is 0.0777. The van der Waals surface area contributed by atoms with Gasteiger partial charge in [0, 0.05) is 16.3 Å². The van der Waals surface area contributed by atoms with Crippen molar-refractivity contribution in [2.75, 3.05) is 0 Å². The van der Waals surface area contributed by atoms with Gasteiger partial charge in [0.2, 0.25) is 0 Å². The van der Waals surface area contributed by atoms with Crippen molar-refractivity contribution in [1.29, 1.82) is 0 Å². The van der Waals surface area contributed by atoms with Crippen LogP contribution in [0.15, 0.2) is 23.0 Å². The van der Waals surface area contributed by atoms with Crippen molar-refractivity contribution in [1.82, 2.24) is 9.78 Å². The van der Waals surface area contributed by atoms with E-state index in [1.807, 2.05) is 6.92 Å². The highest BCUT2D eigenvalue weighted by atomic mass is 35.5. The lowest BCUT2D eigenvalue weighted by Gasteiger charge is -2.04. The van der Waals surface area contributed by atoms with Crippen molar-refractivity contribution in [3.8, 4) is 5.69 Å². The average molecular weight is 271 g/mol. The predicted octanol–water partition coefficient (Wildman–Crippen LogP) is 3.34. The monoisotopic (exact) mass is 270 g/mol. The molecule has 5 heteroatoms. The van der Waals surface area contributed by atoms with E-state index in [0.717, 1.165) is 17.7 Å². The van der Waals surface area contributed by atoms with E-state index in [1.165, 1.54) is 4.68 Å². The topological polar surface area (TPSA) is 37.8 Å². The molecule has 0 atom stereocenters. The molecule has 2 aromatic rings. The van der Waals surface area contributed by atoms with Gasteiger partial charge in [0.25, 0.3) is 5.56 Å². The molecule has 1 aromatic carbocycles. The Morgan fingerprint density at radius 3 is 2.59 bits per heavy atom. The molecule has 0 aliphatic rings. The molecule has 1 heterocycles. The molecule has 1 aromatic heterocycles. The summed E-state index contributed by atoms with van der Waals surface area (Å²) < 4.78 is 1.45. The molecule has 0 unspecified atom stereocenters. The molecular formula is C12H12Cl2N2O. The van der Waals surface area contributed by atoms with Gasteiger partial charge in [-0.3, -0.25) is 9.89 Å². The van der Waals surface area contributed by atoms with E-state index in [0.29, 0.717) is 15.7 Å². The van der Waals surface area contributed by atoms with Gasteiger partial charge < -0.3 is 0 Å². The molecule has 0 aliphatic carbocycles. The highest BCUT2D eigenvalue weighted by molar-refractivity contribution is 6.35. The highest BCUT2D eigenvalue weighted by Gasteiger charge is 2.12. The molecule has 0 aliphatic heterocycles. The molecule has 1 N–H and O–H groups in total. The Bertz CT molecular complexity index is 613. The molecule has 2 rings (SSSR count). The van der Waals surface area contributed by atoms with E-state index in [9.17, 15) is 4.79 Å². The van der Waals surface area contributed by atoms with Gasteiger partial charge in [-0.05, 0) is 31.5 Å². The van der Waals surface area contributed by atoms with Crippen molar-refractivity contribution in [3.05, 3.63) is 49.9 Å². The summed E-state index contributed by atoms with van der Waals surface area (Å²) >= 11 is 11.9. The van der Waals surface area contributed by atoms with Crippen LogP contribution in [0.1, 0.15) is 18.2 Å². The first-order valence-electron chi connectivity index (χ1n) is 5.30. The zero-order chi connectivity index (χ0) is 12.6. The van der Waals surface area contributed by atoms with Crippen molar-refractivity contribution in [2.24, 2.45) is 0 Å². The lowest BCUT2D eigenvalue weighted by atomic mass is 10.2. The predicted molar refractivity (Wildman–Crippen MR) is 70.5 cm³/mol. The lowest BCUT2D eigenvalue weighted by Crippen LogP contribution is -2.16. The quantitative estimate of drug-likeness (QED) is 0.893. The molecule has 3 nitrogen and oxygen atoms in total. The van der Waals surface area contributed by atoms with Gasteiger partial charge in [-0.2, -0.15) is 0 Å². The number of nitrogens with zero attached hydrogens (tertiary/aromatic N) is 1. The maximum Gasteiger partial charge on any atom is 0.274 e. The van der Waals surface area contributed by atoms with Crippen LogP contribution in [0.2, 0.25) is 10.0 Å². The van der Waals surface area contributed by atoms with E-state index >= 15 is 0 Å². The van der Waals surface area contributed by atoms with Crippen LogP contribution in [0, 0.1) is 6.92 Å². The molecule has 0 saturated carbocycles. The highest BCUT2D eigenvalue weighted by Crippen LogP contribution is 2.23. The summed E-state index contributed by atoms with van der Waals surface area (Å²) in [5.41, 5.74) is 2.18. The summed E-state index contributed by atoms with van der Waals surface area (Å²) in [4.78, 5) is 12.0. The van der Waals surface area contributed by atoms with E-state index in [-0.39, 0.29) is 5.56 Å². The number of hydrogen-bond acceptors (Lipinski definition) is 1. The first-order chi connectivity index (χ1) is 8.04. The molecule has 0 radical (unpaired) electrons. The standard InChI is InChI=1S/C12H12Cl2N2O/c1-3-10-7(2)12(17)16(15-10)11-5-4-8(13)6-9(11)14/h4-6,15H,3H2,1-2H3. The van der Waals surface area contributed by atoms with Gasteiger partial charge in [0.1, 0.15) is 0 Å². The van der Waals surface area contributed by atoms with Gasteiger partial charge in [-0.15, -0.1) is 0 Å². The fraction of sp³-hybridized carbons (Fsp3) is 0.250. The summed E-state index contributed by atoms with van der Waals surface area (Å²) in [6, 6.07) is 5.05. The van der Waals surface area contributed by atoms with E-state index in [1.54, 1.807) is 25.1 Å². The van der Waals surface area contributed by atoms with Crippen molar-refractivity contribution >= 4 is 23.2 Å². The smallest absolute Gasteiger partial charge is 0.274 e. The normalized spacial score (nSPS) is 10.8. The third-order valence-electron chi connectivity index (χ3n) is 2.73. The van der Waals surface area contributed by atoms with Crippen LogP contribution in [0.4, 0.5) is 0 Å². The third kappa shape index (κ3) is 2.13. The third-order valence-corrected chi connectivity index (χ3v) is 3.27. The number of rotatable bonds is 2. The Balaban J connectivity index is 2.65. The second-order valence-electron chi connectivity index (χ2n) is 3.81. The van der Waals surface area contributed by atoms with E-state index in [2.05, 4.69) is 5.10 Å². The van der Waals surface area contributed by atoms with Gasteiger partial charge in [-0.1, -0.05) is 30.1 Å². The minimum atomic E-state index is -0.0777. The molecule has 0 bridgehead atoms. The Hall–Kier alpha value is -1.19. The number of aryl methyl sites for hydroxylation is 1. The van der Waals surface area contributed by atoms with E-state index < -0.39 is 0 Å². The van der Waals surface area contributed by atoms with Crippen LogP contribution in [-0.2, 0) is 6.42 Å². The Kier molecular flexibility index (Phi) is 3.31. The summed E-state index contributed by atoms with van der Waals surface area (Å²) in [6.45, 7) is 3.80. The zero-order valence-electron chi connectivity index (χ0n) is 9.55. The first kappa shape index (κ1) is 12.3. The maximum atomic E-state index is 12.0. The van der Waals surface area contributed by atoms with Crippen LogP contribution in [0.5, 0.6) is 0 Å². The van der Waals surface area contributed by atoms with Crippen molar-refractivity contribution in [3.63, 3.8) is 0 Å². The number of halogens is 2. The van der Waals surface area contributed by atoms with Crippen LogP contribution >= 0.6 is 23.2 Å². The molecule has 0 amide bonds. The number of benzene rings is 1. The summed E-state index contributed by atoms with van der Waals surface area (Å²) in [5.74, 6) is 0. The van der Waals surface area contributed by atoms with Crippen LogP contribution in [0.25, 0.3) is 5.69 Å². The number of H-pyrrole nitrogens is 1. The number of aromatic amines is 1. The largest absolute Gasteiger partial charge is 0.295 e. The van der Waals surface area contributed by atoms with Crippen LogP contribution in [0.3, 0.4) is 0 Å². The van der Waals surface area contributed by atoms with Crippen molar-refractivity contribution in [2.45, 2.75) is 20.3 Å².